The zero-order chi connectivity index (χ0) is 20.6. The predicted molar refractivity (Wildman–Crippen MR) is 99.8 cm³/mol. The minimum absolute atomic E-state index is 0.0170. The van der Waals surface area contributed by atoms with Crippen molar-refractivity contribution in [2.75, 3.05) is 19.0 Å². The number of halogens is 1. The van der Waals surface area contributed by atoms with Gasteiger partial charge in [0.25, 0.3) is 17.5 Å². The highest BCUT2D eigenvalue weighted by molar-refractivity contribution is 6.31. The molecule has 0 saturated heterocycles. The number of hydrogen-bond donors (Lipinski definition) is 1. The van der Waals surface area contributed by atoms with Crippen LogP contribution in [0.2, 0.25) is 5.02 Å². The van der Waals surface area contributed by atoms with Crippen LogP contribution in [0.15, 0.2) is 30.3 Å². The van der Waals surface area contributed by atoms with Gasteiger partial charge in [-0.15, -0.1) is 0 Å². The van der Waals surface area contributed by atoms with E-state index in [1.54, 1.807) is 13.0 Å². The van der Waals surface area contributed by atoms with Crippen molar-refractivity contribution >= 4 is 40.7 Å². The van der Waals surface area contributed by atoms with Crippen molar-refractivity contribution in [2.24, 2.45) is 0 Å². The molecule has 144 valence electrons. The van der Waals surface area contributed by atoms with Crippen LogP contribution in [-0.2, 0) is 4.79 Å². The molecule has 0 fully saturated rings. The van der Waals surface area contributed by atoms with Crippen molar-refractivity contribution in [3.8, 4) is 5.75 Å². The lowest BCUT2D eigenvalue weighted by molar-refractivity contribution is -0.384. The lowest BCUT2D eigenvalue weighted by Gasteiger charge is -2.16. The Balaban J connectivity index is 1.80. The molecule has 1 N–H and O–H groups in total. The number of ether oxygens (including phenoxy) is 1. The van der Waals surface area contributed by atoms with Crippen LogP contribution in [0.4, 0.5) is 11.4 Å². The number of nitrogens with zero attached hydrogens (tertiary/aromatic N) is 2. The molecule has 28 heavy (non-hydrogen) atoms. The van der Waals surface area contributed by atoms with E-state index in [4.69, 9.17) is 16.3 Å². The Bertz CT molecular complexity index is 1040. The largest absolute Gasteiger partial charge is 0.495 e. The SMILES string of the molecule is COc1cc(Cl)c(C)cc1NC(=O)CN1C(=O)c2ccc([N+](=O)[O-])cc2C1=O. The first-order chi connectivity index (χ1) is 13.2. The molecule has 0 aromatic heterocycles. The quantitative estimate of drug-likeness (QED) is 0.465. The van der Waals surface area contributed by atoms with Gasteiger partial charge >= 0.3 is 0 Å². The first kappa shape index (κ1) is 19.3. The van der Waals surface area contributed by atoms with Gasteiger partial charge in [-0.3, -0.25) is 29.4 Å². The second-order valence-electron chi connectivity index (χ2n) is 6.03. The van der Waals surface area contributed by atoms with E-state index in [1.165, 1.54) is 19.2 Å². The number of nitro groups is 1. The number of nitrogens with one attached hydrogen (secondary N) is 1. The Kier molecular flexibility index (Phi) is 5.02. The van der Waals surface area contributed by atoms with Crippen LogP contribution >= 0.6 is 11.6 Å². The minimum Gasteiger partial charge on any atom is -0.495 e. The lowest BCUT2D eigenvalue weighted by Crippen LogP contribution is -2.37. The van der Waals surface area contributed by atoms with Crippen LogP contribution in [0, 0.1) is 17.0 Å². The molecular formula is C18H14ClN3O6. The zero-order valence-corrected chi connectivity index (χ0v) is 15.6. The van der Waals surface area contributed by atoms with Gasteiger partial charge in [0.1, 0.15) is 12.3 Å². The van der Waals surface area contributed by atoms with Gasteiger partial charge in [0.05, 0.1) is 28.8 Å². The number of carbonyl (C=O) groups excluding carboxylic acids is 3. The summed E-state index contributed by atoms with van der Waals surface area (Å²) in [5.74, 6) is -1.77. The number of amides is 3. The van der Waals surface area contributed by atoms with E-state index in [0.717, 1.165) is 17.0 Å². The highest BCUT2D eigenvalue weighted by atomic mass is 35.5. The normalized spacial score (nSPS) is 12.8. The van der Waals surface area contributed by atoms with E-state index in [9.17, 15) is 24.5 Å². The summed E-state index contributed by atoms with van der Waals surface area (Å²) < 4.78 is 5.17. The summed E-state index contributed by atoms with van der Waals surface area (Å²) in [7, 11) is 1.41. The van der Waals surface area contributed by atoms with E-state index in [-0.39, 0.29) is 16.8 Å². The van der Waals surface area contributed by atoms with Crippen LogP contribution in [0.1, 0.15) is 26.3 Å². The van der Waals surface area contributed by atoms with Gasteiger partial charge in [0.15, 0.2) is 0 Å². The Labute approximate surface area is 164 Å². The van der Waals surface area contributed by atoms with Gasteiger partial charge < -0.3 is 10.1 Å². The van der Waals surface area contributed by atoms with Crippen molar-refractivity contribution in [3.63, 3.8) is 0 Å². The molecule has 1 heterocycles. The van der Waals surface area contributed by atoms with Crippen molar-refractivity contribution in [1.82, 2.24) is 4.90 Å². The second-order valence-corrected chi connectivity index (χ2v) is 6.44. The number of fused-ring (bicyclic) bond motifs is 1. The average molecular weight is 404 g/mol. The van der Waals surface area contributed by atoms with Gasteiger partial charge in [-0.25, -0.2) is 0 Å². The molecule has 3 amide bonds. The van der Waals surface area contributed by atoms with Gasteiger partial charge in [-0.1, -0.05) is 11.6 Å². The van der Waals surface area contributed by atoms with E-state index >= 15 is 0 Å². The number of nitro benzene ring substituents is 1. The summed E-state index contributed by atoms with van der Waals surface area (Å²) in [6, 6.07) is 6.50. The maximum Gasteiger partial charge on any atom is 0.270 e. The summed E-state index contributed by atoms with van der Waals surface area (Å²) in [6.45, 7) is 1.19. The Morgan fingerprint density at radius 1 is 1.21 bits per heavy atom. The molecule has 10 heteroatoms. The molecule has 0 atom stereocenters. The number of hydrogen-bond acceptors (Lipinski definition) is 6. The Morgan fingerprint density at radius 3 is 2.54 bits per heavy atom. The molecule has 0 aliphatic carbocycles. The number of carbonyl (C=O) groups is 3. The average Bonchev–Trinajstić information content (AvgIpc) is 2.89. The number of benzene rings is 2. The molecule has 0 radical (unpaired) electrons. The zero-order valence-electron chi connectivity index (χ0n) is 14.8. The summed E-state index contributed by atoms with van der Waals surface area (Å²) in [5.41, 5.74) is 0.635. The number of anilines is 1. The van der Waals surface area contributed by atoms with Crippen molar-refractivity contribution in [3.05, 3.63) is 62.2 Å². The fourth-order valence-corrected chi connectivity index (χ4v) is 2.95. The molecule has 2 aromatic carbocycles. The highest BCUT2D eigenvalue weighted by Gasteiger charge is 2.37. The number of aryl methyl sites for hydroxylation is 1. The smallest absolute Gasteiger partial charge is 0.270 e. The molecule has 0 unspecified atom stereocenters. The van der Waals surface area contributed by atoms with Crippen LogP contribution in [-0.4, -0.2) is 41.2 Å². The third-order valence-corrected chi connectivity index (χ3v) is 4.63. The third-order valence-electron chi connectivity index (χ3n) is 4.22. The summed E-state index contributed by atoms with van der Waals surface area (Å²) >= 11 is 6.03. The van der Waals surface area contributed by atoms with Gasteiger partial charge in [-0.2, -0.15) is 0 Å². The molecule has 2 aromatic rings. The first-order valence-electron chi connectivity index (χ1n) is 8.01. The summed E-state index contributed by atoms with van der Waals surface area (Å²) in [5, 5.41) is 13.9. The summed E-state index contributed by atoms with van der Waals surface area (Å²) in [6.07, 6.45) is 0. The molecular weight excluding hydrogens is 390 g/mol. The van der Waals surface area contributed by atoms with Crippen LogP contribution in [0.5, 0.6) is 5.75 Å². The van der Waals surface area contributed by atoms with Gasteiger partial charge in [0, 0.05) is 23.2 Å². The number of imide groups is 1. The van der Waals surface area contributed by atoms with Crippen molar-refractivity contribution in [2.45, 2.75) is 6.92 Å². The Hall–Kier alpha value is -3.46. The van der Waals surface area contributed by atoms with E-state index in [1.807, 2.05) is 0 Å². The molecule has 0 bridgehead atoms. The third kappa shape index (κ3) is 3.39. The molecule has 3 rings (SSSR count). The highest BCUT2D eigenvalue weighted by Crippen LogP contribution is 2.31. The molecule has 0 saturated carbocycles. The van der Waals surface area contributed by atoms with Gasteiger partial charge in [-0.05, 0) is 24.6 Å². The minimum atomic E-state index is -0.766. The monoisotopic (exact) mass is 403 g/mol. The van der Waals surface area contributed by atoms with Crippen molar-refractivity contribution in [1.29, 1.82) is 0 Å². The van der Waals surface area contributed by atoms with E-state index in [2.05, 4.69) is 5.32 Å². The molecule has 9 nitrogen and oxygen atoms in total. The molecule has 0 spiro atoms. The number of rotatable bonds is 5. The fourth-order valence-electron chi connectivity index (χ4n) is 2.80. The Morgan fingerprint density at radius 2 is 1.89 bits per heavy atom. The topological polar surface area (TPSA) is 119 Å². The van der Waals surface area contributed by atoms with Crippen LogP contribution in [0.25, 0.3) is 0 Å². The van der Waals surface area contributed by atoms with Crippen LogP contribution < -0.4 is 10.1 Å². The lowest BCUT2D eigenvalue weighted by atomic mass is 10.1. The standard InChI is InChI=1S/C18H14ClN3O6/c1-9-5-14(15(28-2)7-13(9)19)20-16(23)8-21-17(24)11-4-3-10(22(26)27)6-12(11)18(21)25/h3-7H,8H2,1-2H3,(H,20,23). The predicted octanol–water partition coefficient (Wildman–Crippen LogP) is 2.80. The van der Waals surface area contributed by atoms with E-state index in [0.29, 0.717) is 22.0 Å². The number of methoxy groups -OCH3 is 1. The summed E-state index contributed by atoms with van der Waals surface area (Å²) in [4.78, 5) is 48.2. The van der Waals surface area contributed by atoms with Crippen LogP contribution in [0.3, 0.4) is 0 Å². The fraction of sp³-hybridized carbons (Fsp3) is 0.167. The van der Waals surface area contributed by atoms with E-state index < -0.39 is 29.2 Å². The maximum atomic E-state index is 12.5. The van der Waals surface area contributed by atoms with Gasteiger partial charge in [0.2, 0.25) is 5.91 Å². The first-order valence-corrected chi connectivity index (χ1v) is 8.39. The van der Waals surface area contributed by atoms with Crippen molar-refractivity contribution < 1.29 is 24.0 Å². The number of non-ortho nitro benzene ring substituents is 1. The maximum absolute atomic E-state index is 12.5. The molecule has 1 aliphatic rings. The second kappa shape index (κ2) is 7.28. The molecule has 1 aliphatic heterocycles.